The molecular formula is C15H20O2. The van der Waals surface area contributed by atoms with Crippen molar-refractivity contribution in [3.8, 4) is 0 Å². The smallest absolute Gasteiger partial charge is 0.168 e. The van der Waals surface area contributed by atoms with Crippen LogP contribution in [-0.4, -0.2) is 17.5 Å². The number of rotatable bonds is 3. The normalized spacial score (nSPS) is 21.4. The summed E-state index contributed by atoms with van der Waals surface area (Å²) in [6.45, 7) is 10.1. The molecule has 0 bridgehead atoms. The van der Waals surface area contributed by atoms with Gasteiger partial charge in [0.2, 0.25) is 0 Å². The van der Waals surface area contributed by atoms with E-state index in [4.69, 9.17) is 4.74 Å². The van der Waals surface area contributed by atoms with Gasteiger partial charge in [0.25, 0.3) is 0 Å². The van der Waals surface area contributed by atoms with Gasteiger partial charge in [0.15, 0.2) is 5.78 Å². The van der Waals surface area contributed by atoms with Crippen LogP contribution in [0.4, 0.5) is 0 Å². The summed E-state index contributed by atoms with van der Waals surface area (Å²) >= 11 is 0. The zero-order valence-corrected chi connectivity index (χ0v) is 11.3. The van der Waals surface area contributed by atoms with E-state index >= 15 is 0 Å². The van der Waals surface area contributed by atoms with E-state index in [0.29, 0.717) is 6.42 Å². The van der Waals surface area contributed by atoms with E-state index in [0.717, 1.165) is 5.56 Å². The van der Waals surface area contributed by atoms with Gasteiger partial charge < -0.3 is 4.74 Å². The van der Waals surface area contributed by atoms with Crippen molar-refractivity contribution < 1.29 is 9.53 Å². The van der Waals surface area contributed by atoms with Gasteiger partial charge in [-0.1, -0.05) is 17.7 Å². The lowest BCUT2D eigenvalue weighted by Crippen LogP contribution is -2.18. The summed E-state index contributed by atoms with van der Waals surface area (Å²) < 4.78 is 5.39. The fourth-order valence-electron chi connectivity index (χ4n) is 2.48. The molecule has 17 heavy (non-hydrogen) atoms. The molecule has 1 unspecified atom stereocenters. The second-order valence-corrected chi connectivity index (χ2v) is 5.62. The van der Waals surface area contributed by atoms with Crippen molar-refractivity contribution in [2.24, 2.45) is 0 Å². The molecule has 2 nitrogen and oxygen atoms in total. The molecule has 1 aromatic carbocycles. The summed E-state index contributed by atoms with van der Waals surface area (Å²) in [7, 11) is 0. The number of ketones is 1. The lowest BCUT2D eigenvalue weighted by molar-refractivity contribution is -0.119. The van der Waals surface area contributed by atoms with Gasteiger partial charge in [-0.15, -0.1) is 0 Å². The van der Waals surface area contributed by atoms with Crippen molar-refractivity contribution >= 4 is 5.78 Å². The number of benzene rings is 1. The Morgan fingerprint density at radius 1 is 1.24 bits per heavy atom. The van der Waals surface area contributed by atoms with Gasteiger partial charge in [0, 0.05) is 6.42 Å². The topological polar surface area (TPSA) is 29.6 Å². The highest BCUT2D eigenvalue weighted by Crippen LogP contribution is 2.36. The highest BCUT2D eigenvalue weighted by molar-refractivity contribution is 5.89. The largest absolute Gasteiger partial charge is 0.358 e. The highest BCUT2D eigenvalue weighted by atomic mass is 16.6. The summed E-state index contributed by atoms with van der Waals surface area (Å²) in [5.74, 6) is 0.199. The number of aryl methyl sites for hydroxylation is 3. The number of hydrogen-bond acceptors (Lipinski definition) is 2. The molecule has 1 saturated heterocycles. The van der Waals surface area contributed by atoms with E-state index in [9.17, 15) is 4.79 Å². The fourth-order valence-corrected chi connectivity index (χ4v) is 2.48. The van der Waals surface area contributed by atoms with Crippen LogP contribution in [0.1, 0.15) is 36.1 Å². The van der Waals surface area contributed by atoms with Crippen molar-refractivity contribution in [2.45, 2.75) is 52.7 Å². The average Bonchev–Trinajstić information content (AvgIpc) is 2.81. The first kappa shape index (κ1) is 12.3. The van der Waals surface area contributed by atoms with Crippen LogP contribution in [-0.2, 0) is 16.0 Å². The molecule has 2 heteroatoms. The van der Waals surface area contributed by atoms with Crippen molar-refractivity contribution in [3.05, 3.63) is 34.4 Å². The van der Waals surface area contributed by atoms with Crippen LogP contribution in [0.3, 0.4) is 0 Å². The molecule has 1 heterocycles. The third-order valence-electron chi connectivity index (χ3n) is 3.48. The quantitative estimate of drug-likeness (QED) is 0.750. The molecule has 0 aromatic heterocycles. The number of carbonyl (C=O) groups excluding carboxylic acids is 1. The highest BCUT2D eigenvalue weighted by Gasteiger charge is 2.52. The molecule has 0 amide bonds. The molecule has 1 aliphatic rings. The Morgan fingerprint density at radius 3 is 2.12 bits per heavy atom. The van der Waals surface area contributed by atoms with Gasteiger partial charge in [-0.2, -0.15) is 0 Å². The molecule has 0 aliphatic carbocycles. The zero-order chi connectivity index (χ0) is 12.8. The van der Waals surface area contributed by atoms with Crippen molar-refractivity contribution in [1.29, 1.82) is 0 Å². The average molecular weight is 232 g/mol. The van der Waals surface area contributed by atoms with Crippen LogP contribution in [0.2, 0.25) is 0 Å². The lowest BCUT2D eigenvalue weighted by Gasteiger charge is -2.10. The first-order valence-corrected chi connectivity index (χ1v) is 6.08. The van der Waals surface area contributed by atoms with E-state index in [1.165, 1.54) is 16.7 Å². The Balaban J connectivity index is 2.17. The van der Waals surface area contributed by atoms with Crippen molar-refractivity contribution in [3.63, 3.8) is 0 Å². The number of carbonyl (C=O) groups is 1. The predicted octanol–water partition coefficient (Wildman–Crippen LogP) is 2.90. The minimum absolute atomic E-state index is 0.199. The van der Waals surface area contributed by atoms with E-state index in [1.54, 1.807) is 0 Å². The molecule has 0 spiro atoms. The Morgan fingerprint density at radius 2 is 1.71 bits per heavy atom. The van der Waals surface area contributed by atoms with E-state index in [2.05, 4.69) is 32.9 Å². The van der Waals surface area contributed by atoms with Gasteiger partial charge in [0.05, 0.1) is 5.60 Å². The second-order valence-electron chi connectivity index (χ2n) is 5.62. The first-order chi connectivity index (χ1) is 7.81. The summed E-state index contributed by atoms with van der Waals surface area (Å²) in [5.41, 5.74) is 4.57. The molecule has 1 fully saturated rings. The summed E-state index contributed by atoms with van der Waals surface area (Å²) in [6.07, 6.45) is 0.286. The maximum absolute atomic E-state index is 12.1. The number of ether oxygens (including phenoxy) is 1. The molecular weight excluding hydrogens is 212 g/mol. The minimum Gasteiger partial charge on any atom is -0.358 e. The molecule has 92 valence electrons. The van der Waals surface area contributed by atoms with Crippen LogP contribution < -0.4 is 0 Å². The van der Waals surface area contributed by atoms with Crippen LogP contribution >= 0.6 is 0 Å². The van der Waals surface area contributed by atoms with Gasteiger partial charge >= 0.3 is 0 Å². The SMILES string of the molecule is Cc1cc(C)c(CC(=O)C2OC2(C)C)c(C)c1. The molecule has 1 aromatic rings. The first-order valence-electron chi connectivity index (χ1n) is 6.08. The second kappa shape index (κ2) is 3.95. The Kier molecular flexibility index (Phi) is 2.86. The van der Waals surface area contributed by atoms with E-state index in [-0.39, 0.29) is 17.5 Å². The number of epoxide rings is 1. The minimum atomic E-state index is -0.246. The third-order valence-corrected chi connectivity index (χ3v) is 3.48. The van der Waals surface area contributed by atoms with E-state index in [1.807, 2.05) is 13.8 Å². The maximum atomic E-state index is 12.1. The standard InChI is InChI=1S/C15H20O2/c1-9-6-10(2)12(11(3)7-9)8-13(16)14-15(4,5)17-14/h6-7,14H,8H2,1-5H3. The molecule has 1 atom stereocenters. The van der Waals surface area contributed by atoms with Crippen molar-refractivity contribution in [1.82, 2.24) is 0 Å². The summed E-state index contributed by atoms with van der Waals surface area (Å²) in [5, 5.41) is 0. The van der Waals surface area contributed by atoms with Crippen LogP contribution in [0.5, 0.6) is 0 Å². The molecule has 0 N–H and O–H groups in total. The summed E-state index contributed by atoms with van der Waals surface area (Å²) in [6, 6.07) is 4.27. The monoisotopic (exact) mass is 232 g/mol. The van der Waals surface area contributed by atoms with E-state index < -0.39 is 0 Å². The summed E-state index contributed by atoms with van der Waals surface area (Å²) in [4.78, 5) is 12.1. The molecule has 0 radical (unpaired) electrons. The fraction of sp³-hybridized carbons (Fsp3) is 0.533. The van der Waals surface area contributed by atoms with Crippen molar-refractivity contribution in [2.75, 3.05) is 0 Å². The number of hydrogen-bond donors (Lipinski definition) is 0. The van der Waals surface area contributed by atoms with Gasteiger partial charge in [0.1, 0.15) is 6.10 Å². The van der Waals surface area contributed by atoms with Crippen LogP contribution in [0.15, 0.2) is 12.1 Å². The molecule has 0 saturated carbocycles. The van der Waals surface area contributed by atoms with Gasteiger partial charge in [-0.3, -0.25) is 4.79 Å². The maximum Gasteiger partial charge on any atom is 0.168 e. The molecule has 2 rings (SSSR count). The van der Waals surface area contributed by atoms with Crippen LogP contribution in [0, 0.1) is 20.8 Å². The van der Waals surface area contributed by atoms with Gasteiger partial charge in [-0.25, -0.2) is 0 Å². The predicted molar refractivity (Wildman–Crippen MR) is 68.3 cm³/mol. The third kappa shape index (κ3) is 2.42. The van der Waals surface area contributed by atoms with Gasteiger partial charge in [-0.05, 0) is 51.3 Å². The number of Topliss-reactive ketones (excluding diaryl/α,β-unsaturated/α-hetero) is 1. The van der Waals surface area contributed by atoms with Crippen LogP contribution in [0.25, 0.3) is 0 Å². The Bertz CT molecular complexity index is 449. The molecule has 1 aliphatic heterocycles. The zero-order valence-electron chi connectivity index (χ0n) is 11.3. The Labute approximate surface area is 103 Å². The Hall–Kier alpha value is -1.15. The lowest BCUT2D eigenvalue weighted by atomic mass is 9.93.